The molecule has 1 atom stereocenters. The number of hydrogen-bond donors (Lipinski definition) is 0. The summed E-state index contributed by atoms with van der Waals surface area (Å²) in [5.41, 5.74) is 2.96. The normalized spacial score (nSPS) is 20.0. The third-order valence-electron chi connectivity index (χ3n) is 4.39. The minimum absolute atomic E-state index is 0.0569. The van der Waals surface area contributed by atoms with Crippen LogP contribution in [0, 0.1) is 13.8 Å². The molecule has 7 heteroatoms. The summed E-state index contributed by atoms with van der Waals surface area (Å²) in [6.07, 6.45) is 2.40. The smallest absolute Gasteiger partial charge is 0.273 e. The SMILES string of the molecule is CCN(C(=O)c1c(C)nc2ccc(C)cn12)[C@H]1CCS(=O)(=O)C1. The standard InChI is InChI=1S/C16H21N3O3S/c1-4-18(13-7-8-23(21,22)10-13)16(20)15-12(3)17-14-6-5-11(2)9-19(14)15/h5-6,9,13H,4,7-8,10H2,1-3H3/t13-/m0/s1. The van der Waals surface area contributed by atoms with Crippen LogP contribution in [0.4, 0.5) is 0 Å². The minimum Gasteiger partial charge on any atom is -0.334 e. The molecule has 0 bridgehead atoms. The number of imidazole rings is 1. The Bertz CT molecular complexity index is 870. The zero-order valence-corrected chi connectivity index (χ0v) is 14.4. The van der Waals surface area contributed by atoms with Gasteiger partial charge >= 0.3 is 0 Å². The molecular weight excluding hydrogens is 314 g/mol. The molecule has 0 aromatic carbocycles. The number of aromatic nitrogens is 2. The maximum atomic E-state index is 13.1. The van der Waals surface area contributed by atoms with E-state index in [0.717, 1.165) is 11.2 Å². The van der Waals surface area contributed by atoms with E-state index in [1.807, 2.05) is 39.1 Å². The third-order valence-corrected chi connectivity index (χ3v) is 6.14. The van der Waals surface area contributed by atoms with Gasteiger partial charge in [0.2, 0.25) is 0 Å². The fraction of sp³-hybridized carbons (Fsp3) is 0.500. The number of hydrogen-bond acceptors (Lipinski definition) is 4. The molecule has 0 unspecified atom stereocenters. The molecule has 0 spiro atoms. The molecule has 2 aromatic heterocycles. The zero-order valence-electron chi connectivity index (χ0n) is 13.6. The molecule has 1 saturated heterocycles. The van der Waals surface area contributed by atoms with Crippen LogP contribution in [-0.2, 0) is 9.84 Å². The number of fused-ring (bicyclic) bond motifs is 1. The van der Waals surface area contributed by atoms with Crippen molar-refractivity contribution in [3.8, 4) is 0 Å². The first kappa shape index (κ1) is 16.0. The van der Waals surface area contributed by atoms with Crippen molar-refractivity contribution >= 4 is 21.4 Å². The third kappa shape index (κ3) is 2.85. The molecule has 1 fully saturated rings. The molecule has 6 nitrogen and oxygen atoms in total. The number of aryl methyl sites for hydroxylation is 2. The average Bonchev–Trinajstić information content (AvgIpc) is 2.98. The van der Waals surface area contributed by atoms with E-state index in [9.17, 15) is 13.2 Å². The van der Waals surface area contributed by atoms with E-state index in [2.05, 4.69) is 4.98 Å². The topological polar surface area (TPSA) is 71.8 Å². The van der Waals surface area contributed by atoms with Gasteiger partial charge in [-0.2, -0.15) is 0 Å². The molecule has 0 N–H and O–H groups in total. The maximum absolute atomic E-state index is 13.1. The first-order valence-electron chi connectivity index (χ1n) is 7.79. The highest BCUT2D eigenvalue weighted by atomic mass is 32.2. The van der Waals surface area contributed by atoms with Gasteiger partial charge in [-0.15, -0.1) is 0 Å². The van der Waals surface area contributed by atoms with Crippen LogP contribution in [0.5, 0.6) is 0 Å². The lowest BCUT2D eigenvalue weighted by Gasteiger charge is -2.26. The molecule has 124 valence electrons. The van der Waals surface area contributed by atoms with Crippen LogP contribution in [0.2, 0.25) is 0 Å². The van der Waals surface area contributed by atoms with Crippen LogP contribution in [-0.4, -0.2) is 52.7 Å². The molecule has 1 aliphatic heterocycles. The summed E-state index contributed by atoms with van der Waals surface area (Å²) >= 11 is 0. The van der Waals surface area contributed by atoms with E-state index < -0.39 is 9.84 Å². The molecule has 0 radical (unpaired) electrons. The van der Waals surface area contributed by atoms with Crippen LogP contribution in [0.25, 0.3) is 5.65 Å². The number of rotatable bonds is 3. The number of carbonyl (C=O) groups is 1. The fourth-order valence-corrected chi connectivity index (χ4v) is 4.98. The highest BCUT2D eigenvalue weighted by Crippen LogP contribution is 2.22. The van der Waals surface area contributed by atoms with Crippen molar-refractivity contribution in [1.29, 1.82) is 0 Å². The Balaban J connectivity index is 2.02. The van der Waals surface area contributed by atoms with Crippen molar-refractivity contribution in [3.63, 3.8) is 0 Å². The van der Waals surface area contributed by atoms with E-state index in [1.54, 1.807) is 9.30 Å². The van der Waals surface area contributed by atoms with E-state index in [-0.39, 0.29) is 23.5 Å². The summed E-state index contributed by atoms with van der Waals surface area (Å²) in [5, 5.41) is 0. The second kappa shape index (κ2) is 5.63. The van der Waals surface area contributed by atoms with E-state index >= 15 is 0 Å². The lowest BCUT2D eigenvalue weighted by atomic mass is 10.2. The Labute approximate surface area is 136 Å². The monoisotopic (exact) mass is 335 g/mol. The Morgan fingerprint density at radius 3 is 2.74 bits per heavy atom. The maximum Gasteiger partial charge on any atom is 0.273 e. The molecule has 0 aliphatic carbocycles. The Hall–Kier alpha value is -1.89. The van der Waals surface area contributed by atoms with Gasteiger partial charge in [-0.1, -0.05) is 6.07 Å². The van der Waals surface area contributed by atoms with E-state index in [1.165, 1.54) is 0 Å². The zero-order chi connectivity index (χ0) is 16.8. The summed E-state index contributed by atoms with van der Waals surface area (Å²) in [6, 6.07) is 3.60. The van der Waals surface area contributed by atoms with Crippen LogP contribution < -0.4 is 0 Å². The number of nitrogens with zero attached hydrogens (tertiary/aromatic N) is 3. The number of pyridine rings is 1. The largest absolute Gasteiger partial charge is 0.334 e. The highest BCUT2D eigenvalue weighted by molar-refractivity contribution is 7.91. The molecule has 3 rings (SSSR count). The van der Waals surface area contributed by atoms with E-state index in [4.69, 9.17) is 0 Å². The second-order valence-corrected chi connectivity index (χ2v) is 8.36. The summed E-state index contributed by atoms with van der Waals surface area (Å²) in [6.45, 7) is 6.14. The number of sulfone groups is 1. The van der Waals surface area contributed by atoms with Crippen LogP contribution in [0.15, 0.2) is 18.3 Å². The van der Waals surface area contributed by atoms with Gasteiger partial charge in [-0.25, -0.2) is 13.4 Å². The van der Waals surface area contributed by atoms with Crippen molar-refractivity contribution in [2.75, 3.05) is 18.1 Å². The predicted octanol–water partition coefficient (Wildman–Crippen LogP) is 1.60. The number of amides is 1. The predicted molar refractivity (Wildman–Crippen MR) is 88.4 cm³/mol. The summed E-state index contributed by atoms with van der Waals surface area (Å²) in [4.78, 5) is 19.2. The van der Waals surface area contributed by atoms with Crippen LogP contribution in [0.1, 0.15) is 35.1 Å². The van der Waals surface area contributed by atoms with Gasteiger partial charge in [0.1, 0.15) is 11.3 Å². The van der Waals surface area contributed by atoms with Crippen molar-refractivity contribution < 1.29 is 13.2 Å². The lowest BCUT2D eigenvalue weighted by molar-refractivity contribution is 0.0700. The van der Waals surface area contributed by atoms with Crippen LogP contribution in [0.3, 0.4) is 0 Å². The van der Waals surface area contributed by atoms with Gasteiger partial charge in [0.25, 0.3) is 5.91 Å². The Morgan fingerprint density at radius 1 is 1.39 bits per heavy atom. The molecule has 3 heterocycles. The summed E-state index contributed by atoms with van der Waals surface area (Å²) < 4.78 is 25.3. The average molecular weight is 335 g/mol. The first-order chi connectivity index (χ1) is 10.8. The minimum atomic E-state index is -3.03. The van der Waals surface area contributed by atoms with Crippen LogP contribution >= 0.6 is 0 Å². The molecule has 23 heavy (non-hydrogen) atoms. The number of carbonyl (C=O) groups excluding carboxylic acids is 1. The van der Waals surface area contributed by atoms with Crippen molar-refractivity contribution in [2.45, 2.75) is 33.2 Å². The second-order valence-electron chi connectivity index (χ2n) is 6.13. The molecule has 1 aliphatic rings. The van der Waals surface area contributed by atoms with E-state index in [0.29, 0.717) is 24.4 Å². The van der Waals surface area contributed by atoms with Crippen molar-refractivity contribution in [2.24, 2.45) is 0 Å². The van der Waals surface area contributed by atoms with Gasteiger partial charge < -0.3 is 4.90 Å². The quantitative estimate of drug-likeness (QED) is 0.854. The van der Waals surface area contributed by atoms with Gasteiger partial charge in [0.15, 0.2) is 9.84 Å². The van der Waals surface area contributed by atoms with Gasteiger partial charge in [0.05, 0.1) is 17.2 Å². The first-order valence-corrected chi connectivity index (χ1v) is 9.61. The molecular formula is C16H21N3O3S. The highest BCUT2D eigenvalue weighted by Gasteiger charge is 2.35. The molecule has 1 amide bonds. The lowest BCUT2D eigenvalue weighted by Crippen LogP contribution is -2.41. The molecule has 2 aromatic rings. The Morgan fingerprint density at radius 2 is 2.13 bits per heavy atom. The summed E-state index contributed by atoms with van der Waals surface area (Å²) in [7, 11) is -3.03. The van der Waals surface area contributed by atoms with Gasteiger partial charge in [0, 0.05) is 18.8 Å². The fourth-order valence-electron chi connectivity index (χ4n) is 3.25. The molecule has 0 saturated carbocycles. The van der Waals surface area contributed by atoms with Gasteiger partial charge in [-0.05, 0) is 38.8 Å². The van der Waals surface area contributed by atoms with Gasteiger partial charge in [-0.3, -0.25) is 9.20 Å². The van der Waals surface area contributed by atoms with Crippen molar-refractivity contribution in [1.82, 2.24) is 14.3 Å². The van der Waals surface area contributed by atoms with Crippen molar-refractivity contribution in [3.05, 3.63) is 35.3 Å². The summed E-state index contributed by atoms with van der Waals surface area (Å²) in [5.74, 6) is 0.0684. The Kier molecular flexibility index (Phi) is 3.91.